The molecule has 0 spiro atoms. The SMILES string of the molecule is CCCCc1nc(N)c(C#N)c(-c2ccc(C)cc2)c1CCC. The molecule has 0 aliphatic carbocycles. The fourth-order valence-corrected chi connectivity index (χ4v) is 2.91. The van der Waals surface area contributed by atoms with E-state index in [-0.39, 0.29) is 0 Å². The summed E-state index contributed by atoms with van der Waals surface area (Å²) in [6.07, 6.45) is 5.06. The van der Waals surface area contributed by atoms with Crippen molar-refractivity contribution >= 4 is 5.82 Å². The number of nitriles is 1. The fourth-order valence-electron chi connectivity index (χ4n) is 2.91. The lowest BCUT2D eigenvalue weighted by Crippen LogP contribution is -2.08. The standard InChI is InChI=1S/C20H25N3/c1-4-6-8-18-16(7-5-2)19(17(13-21)20(22)23-18)15-11-9-14(3)10-12-15/h9-12H,4-8H2,1-3H3,(H2,22,23). The lowest BCUT2D eigenvalue weighted by molar-refractivity contribution is 0.760. The highest BCUT2D eigenvalue weighted by Gasteiger charge is 2.19. The van der Waals surface area contributed by atoms with Crippen LogP contribution >= 0.6 is 0 Å². The van der Waals surface area contributed by atoms with Gasteiger partial charge in [-0.2, -0.15) is 5.26 Å². The Hall–Kier alpha value is -2.34. The van der Waals surface area contributed by atoms with Gasteiger partial charge in [0, 0.05) is 11.3 Å². The highest BCUT2D eigenvalue weighted by Crippen LogP contribution is 2.33. The third kappa shape index (κ3) is 3.71. The number of anilines is 1. The van der Waals surface area contributed by atoms with Crippen molar-refractivity contribution < 1.29 is 0 Å². The molecule has 0 radical (unpaired) electrons. The van der Waals surface area contributed by atoms with E-state index in [4.69, 9.17) is 5.73 Å². The zero-order valence-corrected chi connectivity index (χ0v) is 14.3. The predicted octanol–water partition coefficient (Wildman–Crippen LogP) is 4.81. The van der Waals surface area contributed by atoms with Gasteiger partial charge in [-0.3, -0.25) is 0 Å². The third-order valence-electron chi connectivity index (χ3n) is 4.13. The number of benzene rings is 1. The largest absolute Gasteiger partial charge is 0.383 e. The second-order valence-electron chi connectivity index (χ2n) is 6.00. The number of nitrogen functional groups attached to an aromatic ring is 1. The molecule has 0 saturated carbocycles. The summed E-state index contributed by atoms with van der Waals surface area (Å²) in [5.74, 6) is 0.356. The molecule has 0 aliphatic heterocycles. The minimum Gasteiger partial charge on any atom is -0.383 e. The van der Waals surface area contributed by atoms with Crippen molar-refractivity contribution in [3.05, 3.63) is 46.6 Å². The zero-order chi connectivity index (χ0) is 16.8. The van der Waals surface area contributed by atoms with Crippen LogP contribution in [0.1, 0.15) is 55.5 Å². The van der Waals surface area contributed by atoms with Gasteiger partial charge >= 0.3 is 0 Å². The van der Waals surface area contributed by atoms with E-state index in [1.54, 1.807) is 0 Å². The lowest BCUT2D eigenvalue weighted by atomic mass is 9.90. The Morgan fingerprint density at radius 2 is 1.78 bits per heavy atom. The normalized spacial score (nSPS) is 10.5. The van der Waals surface area contributed by atoms with Gasteiger partial charge in [0.15, 0.2) is 0 Å². The van der Waals surface area contributed by atoms with Crippen LogP contribution < -0.4 is 5.73 Å². The second-order valence-corrected chi connectivity index (χ2v) is 6.00. The molecule has 2 N–H and O–H groups in total. The molecule has 0 amide bonds. The minimum absolute atomic E-state index is 0.356. The minimum atomic E-state index is 0.356. The zero-order valence-electron chi connectivity index (χ0n) is 14.3. The summed E-state index contributed by atoms with van der Waals surface area (Å²) < 4.78 is 0. The van der Waals surface area contributed by atoms with E-state index >= 15 is 0 Å². The first-order valence-corrected chi connectivity index (χ1v) is 8.40. The van der Waals surface area contributed by atoms with E-state index in [0.29, 0.717) is 11.4 Å². The summed E-state index contributed by atoms with van der Waals surface area (Å²) in [6.45, 7) is 6.40. The van der Waals surface area contributed by atoms with Crippen molar-refractivity contribution in [2.24, 2.45) is 0 Å². The van der Waals surface area contributed by atoms with Crippen LogP contribution in [0.25, 0.3) is 11.1 Å². The first kappa shape index (κ1) is 17.0. The Balaban J connectivity index is 2.71. The van der Waals surface area contributed by atoms with Gasteiger partial charge in [0.05, 0.1) is 0 Å². The van der Waals surface area contributed by atoms with Crippen LogP contribution in [0.5, 0.6) is 0 Å². The van der Waals surface area contributed by atoms with E-state index in [1.807, 2.05) is 0 Å². The van der Waals surface area contributed by atoms with Crippen molar-refractivity contribution in [3.63, 3.8) is 0 Å². The predicted molar refractivity (Wildman–Crippen MR) is 96.1 cm³/mol. The highest BCUT2D eigenvalue weighted by atomic mass is 14.9. The van der Waals surface area contributed by atoms with Crippen LogP contribution in [-0.2, 0) is 12.8 Å². The van der Waals surface area contributed by atoms with E-state index in [9.17, 15) is 5.26 Å². The number of hydrogen-bond donors (Lipinski definition) is 1. The Morgan fingerprint density at radius 3 is 2.35 bits per heavy atom. The summed E-state index contributed by atoms with van der Waals surface area (Å²) >= 11 is 0. The van der Waals surface area contributed by atoms with Crippen LogP contribution in [0.2, 0.25) is 0 Å². The van der Waals surface area contributed by atoms with Gasteiger partial charge in [0.2, 0.25) is 0 Å². The molecule has 23 heavy (non-hydrogen) atoms. The number of rotatable bonds is 6. The maximum absolute atomic E-state index is 9.60. The summed E-state index contributed by atoms with van der Waals surface area (Å²) in [5.41, 5.74) is 12.1. The molecule has 0 saturated heterocycles. The van der Waals surface area contributed by atoms with Crippen molar-refractivity contribution in [3.8, 4) is 17.2 Å². The van der Waals surface area contributed by atoms with E-state index < -0.39 is 0 Å². The number of nitrogens with two attached hydrogens (primary N) is 1. The Labute approximate surface area is 139 Å². The molecule has 0 bridgehead atoms. The summed E-state index contributed by atoms with van der Waals surface area (Å²) in [5, 5.41) is 9.60. The summed E-state index contributed by atoms with van der Waals surface area (Å²) in [6, 6.07) is 10.6. The Kier molecular flexibility index (Phi) is 5.76. The third-order valence-corrected chi connectivity index (χ3v) is 4.13. The number of hydrogen-bond acceptors (Lipinski definition) is 3. The number of pyridine rings is 1. The van der Waals surface area contributed by atoms with Crippen LogP contribution in [-0.4, -0.2) is 4.98 Å². The molecule has 1 aromatic carbocycles. The monoisotopic (exact) mass is 307 g/mol. The topological polar surface area (TPSA) is 62.7 Å². The van der Waals surface area contributed by atoms with Crippen molar-refractivity contribution in [1.82, 2.24) is 4.98 Å². The van der Waals surface area contributed by atoms with E-state index in [2.05, 4.69) is 56.1 Å². The molecule has 0 fully saturated rings. The average molecular weight is 307 g/mol. The smallest absolute Gasteiger partial charge is 0.142 e. The molecule has 2 aromatic rings. The van der Waals surface area contributed by atoms with Crippen LogP contribution in [0.15, 0.2) is 24.3 Å². The molecule has 3 nitrogen and oxygen atoms in total. The van der Waals surface area contributed by atoms with Crippen molar-refractivity contribution in [2.45, 2.75) is 52.9 Å². The number of aryl methyl sites for hydroxylation is 2. The highest BCUT2D eigenvalue weighted by molar-refractivity contribution is 5.79. The molecular weight excluding hydrogens is 282 g/mol. The van der Waals surface area contributed by atoms with E-state index in [0.717, 1.165) is 48.9 Å². The Morgan fingerprint density at radius 1 is 1.09 bits per heavy atom. The second kappa shape index (κ2) is 7.78. The van der Waals surface area contributed by atoms with Crippen LogP contribution in [0.4, 0.5) is 5.82 Å². The van der Waals surface area contributed by atoms with Crippen molar-refractivity contribution in [1.29, 1.82) is 5.26 Å². The maximum atomic E-state index is 9.60. The molecule has 0 atom stereocenters. The lowest BCUT2D eigenvalue weighted by Gasteiger charge is -2.17. The quantitative estimate of drug-likeness (QED) is 0.833. The summed E-state index contributed by atoms with van der Waals surface area (Å²) in [4.78, 5) is 4.56. The van der Waals surface area contributed by atoms with Crippen LogP contribution in [0.3, 0.4) is 0 Å². The molecule has 120 valence electrons. The van der Waals surface area contributed by atoms with Gasteiger partial charge in [-0.05, 0) is 37.3 Å². The number of unbranched alkanes of at least 4 members (excludes halogenated alkanes) is 1. The molecular formula is C20H25N3. The fraction of sp³-hybridized carbons (Fsp3) is 0.400. The molecule has 1 heterocycles. The molecule has 1 aromatic heterocycles. The van der Waals surface area contributed by atoms with E-state index in [1.165, 1.54) is 11.1 Å². The molecule has 0 unspecified atom stereocenters. The summed E-state index contributed by atoms with van der Waals surface area (Å²) in [7, 11) is 0. The molecule has 3 heteroatoms. The van der Waals surface area contributed by atoms with Gasteiger partial charge in [-0.15, -0.1) is 0 Å². The van der Waals surface area contributed by atoms with Gasteiger partial charge < -0.3 is 5.73 Å². The van der Waals surface area contributed by atoms with Gasteiger partial charge in [-0.25, -0.2) is 4.98 Å². The first-order valence-electron chi connectivity index (χ1n) is 8.40. The average Bonchev–Trinajstić information content (AvgIpc) is 2.55. The Bertz CT molecular complexity index is 709. The van der Waals surface area contributed by atoms with Gasteiger partial charge in [-0.1, -0.05) is 56.5 Å². The molecule has 0 aliphatic rings. The first-order chi connectivity index (χ1) is 11.1. The number of nitrogens with zero attached hydrogens (tertiary/aromatic N) is 2. The number of aromatic nitrogens is 1. The maximum Gasteiger partial charge on any atom is 0.142 e. The van der Waals surface area contributed by atoms with Crippen LogP contribution in [0, 0.1) is 18.3 Å². The molecule has 2 rings (SSSR count). The van der Waals surface area contributed by atoms with Gasteiger partial charge in [0.25, 0.3) is 0 Å². The van der Waals surface area contributed by atoms with Crippen molar-refractivity contribution in [2.75, 3.05) is 5.73 Å². The van der Waals surface area contributed by atoms with Gasteiger partial charge in [0.1, 0.15) is 17.5 Å².